The SMILES string of the molecule is CC1(c2nc(Cl)c3c(n2)CCCC3)CC1. The zero-order valence-corrected chi connectivity index (χ0v) is 9.77. The first kappa shape index (κ1) is 9.59. The molecule has 0 bridgehead atoms. The van der Waals surface area contributed by atoms with Gasteiger partial charge in [0.1, 0.15) is 11.0 Å². The Balaban J connectivity index is 2.08. The summed E-state index contributed by atoms with van der Waals surface area (Å²) in [6.07, 6.45) is 7.04. The second-order valence-corrected chi connectivity index (χ2v) is 5.39. The number of hydrogen-bond acceptors (Lipinski definition) is 2. The topological polar surface area (TPSA) is 25.8 Å². The molecule has 0 saturated heterocycles. The number of nitrogens with zero attached hydrogens (tertiary/aromatic N) is 2. The maximum atomic E-state index is 6.23. The molecular formula is C12H15ClN2. The van der Waals surface area contributed by atoms with Crippen LogP contribution in [-0.4, -0.2) is 9.97 Å². The molecule has 1 saturated carbocycles. The summed E-state index contributed by atoms with van der Waals surface area (Å²) in [4.78, 5) is 9.19. The molecule has 0 radical (unpaired) electrons. The first-order chi connectivity index (χ1) is 7.19. The van der Waals surface area contributed by atoms with Crippen molar-refractivity contribution in [3.05, 3.63) is 22.2 Å². The maximum absolute atomic E-state index is 6.23. The lowest BCUT2D eigenvalue weighted by atomic mass is 9.97. The van der Waals surface area contributed by atoms with E-state index >= 15 is 0 Å². The van der Waals surface area contributed by atoms with E-state index in [1.807, 2.05) is 0 Å². The zero-order chi connectivity index (χ0) is 10.5. The summed E-state index contributed by atoms with van der Waals surface area (Å²) in [6.45, 7) is 2.23. The van der Waals surface area contributed by atoms with Crippen LogP contribution in [0, 0.1) is 0 Å². The van der Waals surface area contributed by atoms with E-state index in [1.54, 1.807) is 0 Å². The number of hydrogen-bond donors (Lipinski definition) is 0. The molecule has 3 rings (SSSR count). The lowest BCUT2D eigenvalue weighted by molar-refractivity contribution is 0.630. The van der Waals surface area contributed by atoms with Crippen molar-refractivity contribution in [3.8, 4) is 0 Å². The molecule has 0 aliphatic heterocycles. The third-order valence-electron chi connectivity index (χ3n) is 3.67. The summed E-state index contributed by atoms with van der Waals surface area (Å²) < 4.78 is 0. The van der Waals surface area contributed by atoms with Gasteiger partial charge in [-0.05, 0) is 38.5 Å². The van der Waals surface area contributed by atoms with Crippen molar-refractivity contribution >= 4 is 11.6 Å². The van der Waals surface area contributed by atoms with Crippen LogP contribution in [0.15, 0.2) is 0 Å². The average Bonchev–Trinajstić information content (AvgIpc) is 2.98. The van der Waals surface area contributed by atoms with Crippen LogP contribution < -0.4 is 0 Å². The number of aromatic nitrogens is 2. The highest BCUT2D eigenvalue weighted by Crippen LogP contribution is 2.46. The van der Waals surface area contributed by atoms with E-state index in [-0.39, 0.29) is 5.41 Å². The zero-order valence-electron chi connectivity index (χ0n) is 9.02. The summed E-state index contributed by atoms with van der Waals surface area (Å²) >= 11 is 6.23. The minimum absolute atomic E-state index is 0.232. The molecule has 0 amide bonds. The van der Waals surface area contributed by atoms with Crippen LogP contribution >= 0.6 is 11.6 Å². The lowest BCUT2D eigenvalue weighted by Crippen LogP contribution is -2.14. The highest BCUT2D eigenvalue weighted by molar-refractivity contribution is 6.30. The molecule has 3 heteroatoms. The van der Waals surface area contributed by atoms with Crippen molar-refractivity contribution in [2.75, 3.05) is 0 Å². The van der Waals surface area contributed by atoms with Gasteiger partial charge >= 0.3 is 0 Å². The third kappa shape index (κ3) is 1.55. The quantitative estimate of drug-likeness (QED) is 0.683. The maximum Gasteiger partial charge on any atom is 0.136 e. The standard InChI is InChI=1S/C12H15ClN2/c1-12(6-7-12)11-14-9-5-3-2-4-8(9)10(13)15-11/h2-7H2,1H3. The highest BCUT2D eigenvalue weighted by atomic mass is 35.5. The third-order valence-corrected chi connectivity index (χ3v) is 3.99. The normalized spacial score (nSPS) is 22.3. The molecule has 0 unspecified atom stereocenters. The molecule has 2 nitrogen and oxygen atoms in total. The van der Waals surface area contributed by atoms with Gasteiger partial charge in [0, 0.05) is 16.7 Å². The van der Waals surface area contributed by atoms with Crippen molar-refractivity contribution in [2.24, 2.45) is 0 Å². The highest BCUT2D eigenvalue weighted by Gasteiger charge is 2.42. The van der Waals surface area contributed by atoms with E-state index in [0.717, 1.165) is 18.7 Å². The van der Waals surface area contributed by atoms with Crippen molar-refractivity contribution in [2.45, 2.75) is 50.9 Å². The van der Waals surface area contributed by atoms with Crippen LogP contribution in [0.25, 0.3) is 0 Å². The van der Waals surface area contributed by atoms with Crippen LogP contribution in [0.1, 0.15) is 49.7 Å². The molecule has 0 N–H and O–H groups in total. The predicted molar refractivity (Wildman–Crippen MR) is 60.3 cm³/mol. The molecule has 1 aromatic rings. The van der Waals surface area contributed by atoms with Gasteiger partial charge in [-0.15, -0.1) is 0 Å². The average molecular weight is 223 g/mol. The van der Waals surface area contributed by atoms with Gasteiger partial charge in [-0.1, -0.05) is 18.5 Å². The minimum Gasteiger partial charge on any atom is -0.237 e. The van der Waals surface area contributed by atoms with Gasteiger partial charge < -0.3 is 0 Å². The van der Waals surface area contributed by atoms with Crippen molar-refractivity contribution in [1.29, 1.82) is 0 Å². The van der Waals surface area contributed by atoms with Gasteiger partial charge in [0.15, 0.2) is 0 Å². The van der Waals surface area contributed by atoms with Gasteiger partial charge in [-0.3, -0.25) is 0 Å². The Morgan fingerprint density at radius 1 is 1.13 bits per heavy atom. The molecule has 80 valence electrons. The summed E-state index contributed by atoms with van der Waals surface area (Å²) in [6, 6.07) is 0. The fourth-order valence-electron chi connectivity index (χ4n) is 2.23. The summed E-state index contributed by atoms with van der Waals surface area (Å²) in [5.41, 5.74) is 2.65. The minimum atomic E-state index is 0.232. The van der Waals surface area contributed by atoms with E-state index in [2.05, 4.69) is 11.9 Å². The Labute approximate surface area is 95.1 Å². The molecule has 2 aliphatic rings. The molecular weight excluding hydrogens is 208 g/mol. The summed E-state index contributed by atoms with van der Waals surface area (Å²) in [5, 5.41) is 0.711. The van der Waals surface area contributed by atoms with E-state index in [9.17, 15) is 0 Å². The van der Waals surface area contributed by atoms with Gasteiger partial charge in [0.25, 0.3) is 0 Å². The predicted octanol–water partition coefficient (Wildman–Crippen LogP) is 3.06. The summed E-state index contributed by atoms with van der Waals surface area (Å²) in [5.74, 6) is 0.980. The van der Waals surface area contributed by atoms with E-state index in [1.165, 1.54) is 36.9 Å². The van der Waals surface area contributed by atoms with Crippen molar-refractivity contribution < 1.29 is 0 Å². The lowest BCUT2D eigenvalue weighted by Gasteiger charge is -2.18. The van der Waals surface area contributed by atoms with Crippen LogP contribution in [0.5, 0.6) is 0 Å². The van der Waals surface area contributed by atoms with Gasteiger partial charge in [0.2, 0.25) is 0 Å². The Kier molecular flexibility index (Phi) is 2.03. The van der Waals surface area contributed by atoms with Gasteiger partial charge in [-0.25, -0.2) is 9.97 Å². The molecule has 2 aliphatic carbocycles. The van der Waals surface area contributed by atoms with Crippen LogP contribution in [0.2, 0.25) is 5.15 Å². The number of rotatable bonds is 1. The first-order valence-electron chi connectivity index (χ1n) is 5.75. The Morgan fingerprint density at radius 2 is 1.87 bits per heavy atom. The van der Waals surface area contributed by atoms with E-state index in [4.69, 9.17) is 16.6 Å². The van der Waals surface area contributed by atoms with Crippen molar-refractivity contribution in [3.63, 3.8) is 0 Å². The Bertz CT molecular complexity index is 410. The fraction of sp³-hybridized carbons (Fsp3) is 0.667. The van der Waals surface area contributed by atoms with Crippen LogP contribution in [0.3, 0.4) is 0 Å². The van der Waals surface area contributed by atoms with E-state index in [0.29, 0.717) is 5.15 Å². The Morgan fingerprint density at radius 3 is 2.60 bits per heavy atom. The number of halogens is 1. The number of aryl methyl sites for hydroxylation is 1. The molecule has 1 aromatic heterocycles. The first-order valence-corrected chi connectivity index (χ1v) is 6.13. The fourth-order valence-corrected chi connectivity index (χ4v) is 2.51. The summed E-state index contributed by atoms with van der Waals surface area (Å²) in [7, 11) is 0. The monoisotopic (exact) mass is 222 g/mol. The van der Waals surface area contributed by atoms with Gasteiger partial charge in [-0.2, -0.15) is 0 Å². The molecule has 0 spiro atoms. The van der Waals surface area contributed by atoms with Crippen molar-refractivity contribution in [1.82, 2.24) is 9.97 Å². The molecule has 1 fully saturated rings. The van der Waals surface area contributed by atoms with Crippen LogP contribution in [-0.2, 0) is 18.3 Å². The second kappa shape index (κ2) is 3.18. The molecule has 1 heterocycles. The van der Waals surface area contributed by atoms with Crippen LogP contribution in [0.4, 0.5) is 0 Å². The molecule has 0 atom stereocenters. The molecule has 15 heavy (non-hydrogen) atoms. The van der Waals surface area contributed by atoms with E-state index < -0.39 is 0 Å². The smallest absolute Gasteiger partial charge is 0.136 e. The number of fused-ring (bicyclic) bond motifs is 1. The largest absolute Gasteiger partial charge is 0.237 e. The molecule has 0 aromatic carbocycles. The van der Waals surface area contributed by atoms with Gasteiger partial charge in [0.05, 0.1) is 0 Å². The second-order valence-electron chi connectivity index (χ2n) is 5.03. The Hall–Kier alpha value is -0.630.